The Morgan fingerprint density at radius 3 is 2.64 bits per heavy atom. The van der Waals surface area contributed by atoms with E-state index in [1.54, 1.807) is 0 Å². The highest BCUT2D eigenvalue weighted by Gasteiger charge is 2.31. The minimum atomic E-state index is 0.160. The van der Waals surface area contributed by atoms with Gasteiger partial charge in [0.15, 0.2) is 0 Å². The van der Waals surface area contributed by atoms with Crippen LogP contribution in [0.4, 0.5) is 0 Å². The van der Waals surface area contributed by atoms with Crippen molar-refractivity contribution in [1.82, 2.24) is 4.90 Å². The van der Waals surface area contributed by atoms with Gasteiger partial charge in [0.05, 0.1) is 18.8 Å². The Morgan fingerprint density at radius 1 is 1.14 bits per heavy atom. The van der Waals surface area contributed by atoms with Crippen LogP contribution in [0, 0.1) is 5.92 Å². The van der Waals surface area contributed by atoms with Crippen LogP contribution in [-0.2, 0) is 14.3 Å². The number of nitrogens with zero attached hydrogens (tertiary/aromatic N) is 1. The molecule has 2 N–H and O–H groups in total. The second-order valence-electron chi connectivity index (χ2n) is 7.12. The summed E-state index contributed by atoms with van der Waals surface area (Å²) in [6, 6.07) is 0.218. The summed E-state index contributed by atoms with van der Waals surface area (Å²) >= 11 is 0. The summed E-state index contributed by atoms with van der Waals surface area (Å²) < 4.78 is 11.6. The van der Waals surface area contributed by atoms with Crippen molar-refractivity contribution in [2.75, 3.05) is 26.3 Å². The predicted octanol–water partition coefficient (Wildman–Crippen LogP) is 1.69. The molecule has 3 rings (SSSR count). The van der Waals surface area contributed by atoms with Crippen LogP contribution in [-0.4, -0.2) is 55.4 Å². The monoisotopic (exact) mass is 310 g/mol. The molecule has 1 amide bonds. The molecule has 0 aromatic heterocycles. The number of hydrogen-bond donors (Lipinski definition) is 1. The molecule has 2 heterocycles. The molecule has 2 saturated heterocycles. The van der Waals surface area contributed by atoms with Gasteiger partial charge in [0.1, 0.15) is 0 Å². The van der Waals surface area contributed by atoms with E-state index in [1.165, 1.54) is 0 Å². The molecule has 1 saturated carbocycles. The molecular formula is C17H30N2O3. The van der Waals surface area contributed by atoms with Crippen molar-refractivity contribution in [2.45, 2.75) is 69.6 Å². The lowest BCUT2D eigenvalue weighted by atomic mass is 9.85. The Kier molecular flexibility index (Phi) is 5.71. The zero-order chi connectivity index (χ0) is 15.4. The molecule has 2 aliphatic heterocycles. The fourth-order valence-electron chi connectivity index (χ4n) is 3.97. The van der Waals surface area contributed by atoms with Crippen molar-refractivity contribution >= 4 is 5.91 Å². The Hall–Kier alpha value is -0.650. The van der Waals surface area contributed by atoms with E-state index in [2.05, 4.69) is 0 Å². The number of carbonyl (C=O) groups is 1. The minimum absolute atomic E-state index is 0.160. The van der Waals surface area contributed by atoms with Gasteiger partial charge in [-0.05, 0) is 44.9 Å². The van der Waals surface area contributed by atoms with Crippen molar-refractivity contribution in [3.05, 3.63) is 0 Å². The second-order valence-corrected chi connectivity index (χ2v) is 7.12. The molecule has 1 aliphatic carbocycles. The molecule has 0 radical (unpaired) electrons. The van der Waals surface area contributed by atoms with Gasteiger partial charge < -0.3 is 20.1 Å². The summed E-state index contributed by atoms with van der Waals surface area (Å²) in [5.74, 6) is 0.487. The lowest BCUT2D eigenvalue weighted by Gasteiger charge is -2.36. The van der Waals surface area contributed by atoms with E-state index in [0.717, 1.165) is 77.7 Å². The maximum Gasteiger partial charge on any atom is 0.225 e. The Morgan fingerprint density at radius 2 is 1.95 bits per heavy atom. The molecule has 5 nitrogen and oxygen atoms in total. The molecule has 0 aromatic carbocycles. The van der Waals surface area contributed by atoms with Crippen molar-refractivity contribution in [3.63, 3.8) is 0 Å². The van der Waals surface area contributed by atoms with E-state index in [1.807, 2.05) is 4.90 Å². The summed E-state index contributed by atoms with van der Waals surface area (Å²) in [7, 11) is 0. The maximum absolute atomic E-state index is 12.6. The first-order valence-corrected chi connectivity index (χ1v) is 9.00. The van der Waals surface area contributed by atoms with Crippen molar-refractivity contribution < 1.29 is 14.3 Å². The van der Waals surface area contributed by atoms with E-state index < -0.39 is 0 Å². The number of carbonyl (C=O) groups excluding carboxylic acids is 1. The first-order valence-electron chi connectivity index (χ1n) is 9.00. The molecule has 3 fully saturated rings. The summed E-state index contributed by atoms with van der Waals surface area (Å²) in [6.07, 6.45) is 8.83. The average Bonchev–Trinajstić information content (AvgIpc) is 3.06. The topological polar surface area (TPSA) is 64.8 Å². The molecule has 3 atom stereocenters. The molecule has 0 bridgehead atoms. The molecule has 3 aliphatic rings. The van der Waals surface area contributed by atoms with Gasteiger partial charge in [-0.15, -0.1) is 0 Å². The lowest BCUT2D eigenvalue weighted by Crippen LogP contribution is -2.45. The molecule has 126 valence electrons. The fraction of sp³-hybridized carbons (Fsp3) is 0.941. The smallest absolute Gasteiger partial charge is 0.225 e. The number of rotatable bonds is 4. The molecule has 5 heteroatoms. The van der Waals surface area contributed by atoms with Gasteiger partial charge in [-0.1, -0.05) is 6.42 Å². The summed E-state index contributed by atoms with van der Waals surface area (Å²) in [6.45, 7) is 3.27. The first-order chi connectivity index (χ1) is 10.7. The van der Waals surface area contributed by atoms with Crippen molar-refractivity contribution in [2.24, 2.45) is 11.7 Å². The van der Waals surface area contributed by atoms with E-state index in [9.17, 15) is 4.79 Å². The molecule has 0 aromatic rings. The Bertz CT molecular complexity index is 363. The largest absolute Gasteiger partial charge is 0.376 e. The normalized spacial score (nSPS) is 34.0. The van der Waals surface area contributed by atoms with Gasteiger partial charge in [0.25, 0.3) is 0 Å². The lowest BCUT2D eigenvalue weighted by molar-refractivity contribution is -0.139. The number of likely N-dealkylation sites (tertiary alicyclic amines) is 1. The Balaban J connectivity index is 1.38. The van der Waals surface area contributed by atoms with Crippen molar-refractivity contribution in [1.29, 1.82) is 0 Å². The molecule has 0 spiro atoms. The predicted molar refractivity (Wildman–Crippen MR) is 84.5 cm³/mol. The number of piperidine rings is 1. The zero-order valence-corrected chi connectivity index (χ0v) is 13.5. The van der Waals surface area contributed by atoms with Crippen LogP contribution in [0.2, 0.25) is 0 Å². The minimum Gasteiger partial charge on any atom is -0.376 e. The standard InChI is InChI=1S/C17H30N2O3/c18-14-4-1-3-13(11-14)17(20)19-8-6-15(7-9-19)22-12-16-5-2-10-21-16/h13-16H,1-12,18H2/t13-,14-,16-/m1/s1. The number of nitrogens with two attached hydrogens (primary N) is 1. The number of ether oxygens (including phenoxy) is 2. The van der Waals surface area contributed by atoms with Crippen LogP contribution in [0.5, 0.6) is 0 Å². The van der Waals surface area contributed by atoms with E-state index in [-0.39, 0.29) is 12.0 Å². The van der Waals surface area contributed by atoms with Gasteiger partial charge in [-0.3, -0.25) is 4.79 Å². The third kappa shape index (κ3) is 4.21. The van der Waals surface area contributed by atoms with Gasteiger partial charge in [0.2, 0.25) is 5.91 Å². The van der Waals surface area contributed by atoms with Crippen LogP contribution >= 0.6 is 0 Å². The number of hydrogen-bond acceptors (Lipinski definition) is 4. The highest BCUT2D eigenvalue weighted by molar-refractivity contribution is 5.79. The van der Waals surface area contributed by atoms with Gasteiger partial charge in [0, 0.05) is 31.7 Å². The zero-order valence-electron chi connectivity index (χ0n) is 13.5. The maximum atomic E-state index is 12.6. The Labute approximate surface area is 133 Å². The van der Waals surface area contributed by atoms with Crippen LogP contribution in [0.25, 0.3) is 0 Å². The van der Waals surface area contributed by atoms with Crippen LogP contribution < -0.4 is 5.73 Å². The van der Waals surface area contributed by atoms with Crippen LogP contribution in [0.1, 0.15) is 51.4 Å². The summed E-state index contributed by atoms with van der Waals surface area (Å²) in [4.78, 5) is 14.6. The second kappa shape index (κ2) is 7.75. The van der Waals surface area contributed by atoms with Gasteiger partial charge in [-0.25, -0.2) is 0 Å². The van der Waals surface area contributed by atoms with E-state index in [0.29, 0.717) is 18.1 Å². The van der Waals surface area contributed by atoms with Gasteiger partial charge >= 0.3 is 0 Å². The third-order valence-corrected chi connectivity index (χ3v) is 5.36. The van der Waals surface area contributed by atoms with Crippen LogP contribution in [0.15, 0.2) is 0 Å². The van der Waals surface area contributed by atoms with Gasteiger partial charge in [-0.2, -0.15) is 0 Å². The SMILES string of the molecule is N[C@@H]1CCC[C@@H](C(=O)N2CCC(OC[C@H]3CCCO3)CC2)C1. The summed E-state index contributed by atoms with van der Waals surface area (Å²) in [5, 5.41) is 0. The summed E-state index contributed by atoms with van der Waals surface area (Å²) in [5.41, 5.74) is 6.01. The van der Waals surface area contributed by atoms with E-state index in [4.69, 9.17) is 15.2 Å². The quantitative estimate of drug-likeness (QED) is 0.858. The fourth-order valence-corrected chi connectivity index (χ4v) is 3.97. The highest BCUT2D eigenvalue weighted by atomic mass is 16.5. The third-order valence-electron chi connectivity index (χ3n) is 5.36. The molecule has 22 heavy (non-hydrogen) atoms. The number of amides is 1. The molecular weight excluding hydrogens is 280 g/mol. The average molecular weight is 310 g/mol. The van der Waals surface area contributed by atoms with Crippen molar-refractivity contribution in [3.8, 4) is 0 Å². The van der Waals surface area contributed by atoms with E-state index >= 15 is 0 Å². The highest BCUT2D eigenvalue weighted by Crippen LogP contribution is 2.26. The molecule has 0 unspecified atom stereocenters. The van der Waals surface area contributed by atoms with Crippen LogP contribution in [0.3, 0.4) is 0 Å². The first kappa shape index (κ1) is 16.2.